The van der Waals surface area contributed by atoms with Crippen molar-refractivity contribution in [3.05, 3.63) is 140 Å². The molecule has 9 aromatic rings. The molecule has 0 N–H and O–H groups in total. The zero-order valence-corrected chi connectivity index (χ0v) is 23.4. The van der Waals surface area contributed by atoms with Gasteiger partial charge in [-0.2, -0.15) is 15.1 Å². The lowest BCUT2D eigenvalue weighted by atomic mass is 10.1. The van der Waals surface area contributed by atoms with E-state index in [9.17, 15) is 0 Å². The molecule has 0 amide bonds. The first kappa shape index (κ1) is 24.4. The third kappa shape index (κ3) is 3.66. The fraction of sp³-hybridized carbons (Fsp3) is 0. The second-order valence-electron chi connectivity index (χ2n) is 10.7. The number of fused-ring (bicyclic) bond motifs is 7. The molecular formula is C37H23N7. The summed E-state index contributed by atoms with van der Waals surface area (Å²) >= 11 is 0. The molecule has 206 valence electrons. The van der Waals surface area contributed by atoms with E-state index in [1.54, 1.807) is 6.20 Å². The third-order valence-electron chi connectivity index (χ3n) is 8.14. The predicted molar refractivity (Wildman–Crippen MR) is 175 cm³/mol. The highest BCUT2D eigenvalue weighted by Gasteiger charge is 2.23. The standard InChI is InChI=1S/C37H23N7/c1-4-12-24(13-5-1)34-39-35(25-14-6-2-7-15-25)41-37(40-34)44-30-19-11-10-18-29(30)32-31(44)21-20-27-28-22-23-38-42-36(28)43(33(27)32)26-16-8-3-9-17-26/h1-23H. The number of nitrogens with zero attached hydrogens (tertiary/aromatic N) is 7. The number of hydrogen-bond donors (Lipinski definition) is 0. The van der Waals surface area contributed by atoms with Gasteiger partial charge in [-0.1, -0.05) is 97.1 Å². The van der Waals surface area contributed by atoms with Crippen molar-refractivity contribution in [2.75, 3.05) is 0 Å². The largest absolute Gasteiger partial charge is 0.292 e. The van der Waals surface area contributed by atoms with Gasteiger partial charge in [0.15, 0.2) is 17.3 Å². The van der Waals surface area contributed by atoms with E-state index in [0.717, 1.165) is 60.6 Å². The monoisotopic (exact) mass is 565 g/mol. The zero-order valence-electron chi connectivity index (χ0n) is 23.4. The van der Waals surface area contributed by atoms with Crippen molar-refractivity contribution in [2.24, 2.45) is 0 Å². The quantitative estimate of drug-likeness (QED) is 0.215. The lowest BCUT2D eigenvalue weighted by Crippen LogP contribution is -2.06. The smallest absolute Gasteiger partial charge is 0.238 e. The SMILES string of the molecule is c1ccc(-c2nc(-c3ccccc3)nc(-n3c4ccccc4c4c3ccc3c5ccnnc5n(-c5ccccc5)c34)n2)cc1. The van der Waals surface area contributed by atoms with Gasteiger partial charge in [-0.15, -0.1) is 5.10 Å². The van der Waals surface area contributed by atoms with Gasteiger partial charge < -0.3 is 0 Å². The summed E-state index contributed by atoms with van der Waals surface area (Å²) in [5.74, 6) is 1.80. The van der Waals surface area contributed by atoms with Crippen LogP contribution in [0.1, 0.15) is 0 Å². The minimum atomic E-state index is 0.561. The molecule has 0 unspecified atom stereocenters. The van der Waals surface area contributed by atoms with E-state index in [4.69, 9.17) is 15.0 Å². The van der Waals surface area contributed by atoms with Gasteiger partial charge in [0.05, 0.1) is 22.7 Å². The van der Waals surface area contributed by atoms with Gasteiger partial charge in [0.25, 0.3) is 0 Å². The molecular weight excluding hydrogens is 542 g/mol. The molecule has 0 saturated heterocycles. The molecule has 0 aliphatic carbocycles. The Bertz CT molecular complexity index is 2420. The Hall–Kier alpha value is -6.21. The van der Waals surface area contributed by atoms with E-state index in [-0.39, 0.29) is 0 Å². The Morgan fingerprint density at radius 2 is 1.09 bits per heavy atom. The summed E-state index contributed by atoms with van der Waals surface area (Å²) < 4.78 is 4.37. The molecule has 4 heterocycles. The van der Waals surface area contributed by atoms with Gasteiger partial charge in [-0.05, 0) is 36.4 Å². The molecule has 0 radical (unpaired) electrons. The van der Waals surface area contributed by atoms with Crippen LogP contribution in [-0.2, 0) is 0 Å². The lowest BCUT2D eigenvalue weighted by molar-refractivity contribution is 0.953. The van der Waals surface area contributed by atoms with Crippen molar-refractivity contribution in [1.82, 2.24) is 34.3 Å². The molecule has 0 spiro atoms. The van der Waals surface area contributed by atoms with Crippen LogP contribution in [0.25, 0.3) is 78.2 Å². The van der Waals surface area contributed by atoms with Gasteiger partial charge >= 0.3 is 0 Å². The van der Waals surface area contributed by atoms with Crippen molar-refractivity contribution in [1.29, 1.82) is 0 Å². The Morgan fingerprint density at radius 1 is 0.455 bits per heavy atom. The van der Waals surface area contributed by atoms with Gasteiger partial charge in [-0.3, -0.25) is 9.13 Å². The highest BCUT2D eigenvalue weighted by atomic mass is 15.2. The second kappa shape index (κ2) is 9.68. The van der Waals surface area contributed by atoms with E-state index >= 15 is 0 Å². The second-order valence-corrected chi connectivity index (χ2v) is 10.7. The molecule has 0 saturated carbocycles. The fourth-order valence-corrected chi connectivity index (χ4v) is 6.24. The summed E-state index contributed by atoms with van der Waals surface area (Å²) in [6, 6.07) is 45.3. The van der Waals surface area contributed by atoms with E-state index in [1.807, 2.05) is 84.9 Å². The van der Waals surface area contributed by atoms with Crippen molar-refractivity contribution in [2.45, 2.75) is 0 Å². The predicted octanol–water partition coefficient (Wildman–Crippen LogP) is 8.19. The summed E-state index contributed by atoms with van der Waals surface area (Å²) in [7, 11) is 0. The first-order chi connectivity index (χ1) is 21.8. The van der Waals surface area contributed by atoms with Crippen molar-refractivity contribution in [3.8, 4) is 34.4 Å². The molecule has 9 rings (SSSR count). The fourth-order valence-electron chi connectivity index (χ4n) is 6.24. The molecule has 4 aromatic heterocycles. The van der Waals surface area contributed by atoms with Crippen LogP contribution >= 0.6 is 0 Å². The summed E-state index contributed by atoms with van der Waals surface area (Å²) in [5.41, 5.74) is 6.77. The molecule has 0 fully saturated rings. The minimum absolute atomic E-state index is 0.561. The Labute approximate surface area is 251 Å². The molecule has 5 aromatic carbocycles. The van der Waals surface area contributed by atoms with Crippen LogP contribution < -0.4 is 0 Å². The lowest BCUT2D eigenvalue weighted by Gasteiger charge is -2.11. The molecule has 0 aliphatic heterocycles. The van der Waals surface area contributed by atoms with Gasteiger partial charge in [0.2, 0.25) is 5.95 Å². The summed E-state index contributed by atoms with van der Waals surface area (Å²) in [6.07, 6.45) is 1.76. The Kier molecular flexibility index (Phi) is 5.36. The summed E-state index contributed by atoms with van der Waals surface area (Å²) in [5, 5.41) is 13.2. The molecule has 7 nitrogen and oxygen atoms in total. The van der Waals surface area contributed by atoms with Gasteiger partial charge in [0, 0.05) is 38.4 Å². The van der Waals surface area contributed by atoms with Crippen LogP contribution in [0.2, 0.25) is 0 Å². The van der Waals surface area contributed by atoms with Crippen LogP contribution in [0, 0.1) is 0 Å². The maximum Gasteiger partial charge on any atom is 0.238 e. The molecule has 0 aliphatic rings. The van der Waals surface area contributed by atoms with E-state index < -0.39 is 0 Å². The number of para-hydroxylation sites is 2. The number of hydrogen-bond acceptors (Lipinski definition) is 5. The van der Waals surface area contributed by atoms with Crippen molar-refractivity contribution >= 4 is 43.7 Å². The maximum absolute atomic E-state index is 5.09. The molecule has 0 atom stereocenters. The maximum atomic E-state index is 5.09. The van der Waals surface area contributed by atoms with Crippen molar-refractivity contribution < 1.29 is 0 Å². The molecule has 7 heteroatoms. The van der Waals surface area contributed by atoms with Gasteiger partial charge in [-0.25, -0.2) is 4.98 Å². The third-order valence-corrected chi connectivity index (χ3v) is 8.14. The minimum Gasteiger partial charge on any atom is -0.292 e. The summed E-state index contributed by atoms with van der Waals surface area (Å²) in [4.78, 5) is 15.1. The average molecular weight is 566 g/mol. The average Bonchev–Trinajstić information content (AvgIpc) is 3.62. The van der Waals surface area contributed by atoms with E-state index in [2.05, 4.69) is 67.9 Å². The number of aromatic nitrogens is 7. The van der Waals surface area contributed by atoms with Crippen LogP contribution in [0.4, 0.5) is 0 Å². The van der Waals surface area contributed by atoms with Gasteiger partial charge in [0.1, 0.15) is 0 Å². The molecule has 0 bridgehead atoms. The first-order valence-corrected chi connectivity index (χ1v) is 14.5. The first-order valence-electron chi connectivity index (χ1n) is 14.5. The summed E-state index contributed by atoms with van der Waals surface area (Å²) in [6.45, 7) is 0. The van der Waals surface area contributed by atoms with E-state index in [0.29, 0.717) is 17.6 Å². The highest BCUT2D eigenvalue weighted by molar-refractivity contribution is 6.25. The Morgan fingerprint density at radius 3 is 1.80 bits per heavy atom. The molecule has 44 heavy (non-hydrogen) atoms. The number of rotatable bonds is 4. The highest BCUT2D eigenvalue weighted by Crippen LogP contribution is 2.41. The van der Waals surface area contributed by atoms with E-state index in [1.165, 1.54) is 0 Å². The number of benzene rings is 5. The van der Waals surface area contributed by atoms with Crippen LogP contribution in [0.5, 0.6) is 0 Å². The van der Waals surface area contributed by atoms with Crippen molar-refractivity contribution in [3.63, 3.8) is 0 Å². The zero-order chi connectivity index (χ0) is 29.0. The van der Waals surface area contributed by atoms with Crippen LogP contribution in [0.3, 0.4) is 0 Å². The normalized spacial score (nSPS) is 11.6. The Balaban J connectivity index is 1.43. The van der Waals surface area contributed by atoms with Crippen LogP contribution in [0.15, 0.2) is 140 Å². The van der Waals surface area contributed by atoms with Crippen LogP contribution in [-0.4, -0.2) is 34.3 Å². The topological polar surface area (TPSA) is 74.3 Å².